The van der Waals surface area contributed by atoms with Crippen molar-refractivity contribution in [2.75, 3.05) is 11.2 Å². The Morgan fingerprint density at radius 2 is 1.88 bits per heavy atom. The zero-order valence-corrected chi connectivity index (χ0v) is 17.3. The molecule has 1 aromatic carbocycles. The number of thiophene rings is 1. The molecule has 4 rings (SSSR count). The van der Waals surface area contributed by atoms with E-state index in [0.29, 0.717) is 6.04 Å². The summed E-state index contributed by atoms with van der Waals surface area (Å²) in [6, 6.07) is 11.1. The first kappa shape index (κ1) is 17.8. The molecule has 0 aliphatic heterocycles. The van der Waals surface area contributed by atoms with Gasteiger partial charge in [0.05, 0.1) is 5.39 Å². The number of anilines is 1. The summed E-state index contributed by atoms with van der Waals surface area (Å²) in [6.45, 7) is 5.39. The van der Waals surface area contributed by atoms with Gasteiger partial charge in [-0.2, -0.15) is 0 Å². The Morgan fingerprint density at radius 3 is 2.62 bits per heavy atom. The van der Waals surface area contributed by atoms with Gasteiger partial charge in [0, 0.05) is 17.5 Å². The van der Waals surface area contributed by atoms with Gasteiger partial charge in [-0.1, -0.05) is 42.1 Å². The van der Waals surface area contributed by atoms with E-state index in [9.17, 15) is 0 Å². The summed E-state index contributed by atoms with van der Waals surface area (Å²) in [5, 5.41) is 2.19. The van der Waals surface area contributed by atoms with E-state index in [0.717, 1.165) is 17.5 Å². The van der Waals surface area contributed by atoms with E-state index in [4.69, 9.17) is 9.97 Å². The number of fused-ring (bicyclic) bond motifs is 3. The number of aryl methyl sites for hydroxylation is 2. The number of aromatic nitrogens is 2. The number of hydrogen-bond donors (Lipinski definition) is 0. The average Bonchev–Trinajstić information content (AvgIpc) is 3.04. The Balaban J connectivity index is 1.87. The monoisotopic (exact) mass is 383 g/mol. The number of nitrogens with zero attached hydrogens (tertiary/aromatic N) is 3. The summed E-state index contributed by atoms with van der Waals surface area (Å²) in [5.74, 6) is 1.12. The molecule has 2 aromatic heterocycles. The number of benzene rings is 1. The first-order chi connectivity index (χ1) is 12.7. The molecule has 1 aliphatic rings. The van der Waals surface area contributed by atoms with Gasteiger partial charge in [-0.05, 0) is 56.9 Å². The Kier molecular flexibility index (Phi) is 5.18. The lowest BCUT2D eigenvalue weighted by atomic mass is 9.96. The molecule has 0 saturated heterocycles. The van der Waals surface area contributed by atoms with Crippen LogP contribution in [0.4, 0.5) is 5.82 Å². The minimum atomic E-state index is 0.377. The molecule has 3 nitrogen and oxygen atoms in total. The van der Waals surface area contributed by atoms with Crippen molar-refractivity contribution in [1.29, 1.82) is 0 Å². The highest BCUT2D eigenvalue weighted by atomic mass is 32.2. The number of hydrogen-bond acceptors (Lipinski definition) is 5. The van der Waals surface area contributed by atoms with Gasteiger partial charge < -0.3 is 4.90 Å². The van der Waals surface area contributed by atoms with Gasteiger partial charge >= 0.3 is 0 Å². The van der Waals surface area contributed by atoms with Gasteiger partial charge in [0.1, 0.15) is 10.6 Å². The van der Waals surface area contributed by atoms with Crippen molar-refractivity contribution in [3.05, 3.63) is 46.3 Å². The van der Waals surface area contributed by atoms with E-state index >= 15 is 0 Å². The smallest absolute Gasteiger partial charge is 0.190 e. The molecule has 0 saturated carbocycles. The van der Waals surface area contributed by atoms with Crippen LogP contribution in [0.5, 0.6) is 0 Å². The lowest BCUT2D eigenvalue weighted by Gasteiger charge is -2.29. The number of thioether (sulfide) groups is 1. The molecule has 0 bridgehead atoms. The standard InChI is InChI=1S/C21H25N3S2/c1-14(2)24(13-15-9-5-4-6-10-15)19-18-16-11-7-8-12-17(16)26-20(18)23-21(22-19)25-3/h4-6,9-10,14H,7-8,11-13H2,1-3H3. The van der Waals surface area contributed by atoms with Crippen LogP contribution in [0, 0.1) is 0 Å². The molecule has 5 heteroatoms. The quantitative estimate of drug-likeness (QED) is 0.417. The second-order valence-corrected chi connectivity index (χ2v) is 8.99. The molecule has 3 aromatic rings. The summed E-state index contributed by atoms with van der Waals surface area (Å²) < 4.78 is 0. The van der Waals surface area contributed by atoms with Crippen molar-refractivity contribution >= 4 is 39.1 Å². The molecule has 0 atom stereocenters. The lowest BCUT2D eigenvalue weighted by Crippen LogP contribution is -2.31. The zero-order chi connectivity index (χ0) is 18.1. The normalized spacial score (nSPS) is 14.0. The third kappa shape index (κ3) is 3.35. The third-order valence-electron chi connectivity index (χ3n) is 5.05. The fraction of sp³-hybridized carbons (Fsp3) is 0.429. The molecular formula is C21H25N3S2. The van der Waals surface area contributed by atoms with Crippen LogP contribution in [0.25, 0.3) is 10.2 Å². The maximum absolute atomic E-state index is 5.00. The van der Waals surface area contributed by atoms with E-state index < -0.39 is 0 Å². The van der Waals surface area contributed by atoms with Crippen LogP contribution in [0.3, 0.4) is 0 Å². The highest BCUT2D eigenvalue weighted by molar-refractivity contribution is 7.98. The van der Waals surface area contributed by atoms with E-state index in [2.05, 4.69) is 55.3 Å². The van der Waals surface area contributed by atoms with Gasteiger partial charge in [-0.25, -0.2) is 9.97 Å². The summed E-state index contributed by atoms with van der Waals surface area (Å²) >= 11 is 3.52. The summed E-state index contributed by atoms with van der Waals surface area (Å²) in [6.07, 6.45) is 7.01. The van der Waals surface area contributed by atoms with Crippen molar-refractivity contribution in [3.8, 4) is 0 Å². The van der Waals surface area contributed by atoms with Crippen LogP contribution in [-0.2, 0) is 19.4 Å². The molecule has 0 spiro atoms. The average molecular weight is 384 g/mol. The van der Waals surface area contributed by atoms with Crippen molar-refractivity contribution < 1.29 is 0 Å². The molecule has 0 radical (unpaired) electrons. The highest BCUT2D eigenvalue weighted by Crippen LogP contribution is 2.41. The first-order valence-corrected chi connectivity index (χ1v) is 11.4. The van der Waals surface area contributed by atoms with Gasteiger partial charge in [0.25, 0.3) is 0 Å². The Hall–Kier alpha value is -1.59. The molecule has 0 N–H and O–H groups in total. The molecule has 136 valence electrons. The van der Waals surface area contributed by atoms with Crippen molar-refractivity contribution in [2.45, 2.75) is 57.3 Å². The SMILES string of the molecule is CSc1nc(N(Cc2ccccc2)C(C)C)c2c3c(sc2n1)CCCC3. The minimum absolute atomic E-state index is 0.377. The highest BCUT2D eigenvalue weighted by Gasteiger charge is 2.25. The molecule has 2 heterocycles. The van der Waals surface area contributed by atoms with E-state index in [1.807, 2.05) is 11.3 Å². The molecule has 1 aliphatic carbocycles. The van der Waals surface area contributed by atoms with Crippen LogP contribution < -0.4 is 4.90 Å². The Morgan fingerprint density at radius 1 is 1.12 bits per heavy atom. The molecule has 0 fully saturated rings. The number of rotatable bonds is 5. The molecule has 26 heavy (non-hydrogen) atoms. The Bertz CT molecular complexity index is 903. The fourth-order valence-corrected chi connectivity index (χ4v) is 5.37. The van der Waals surface area contributed by atoms with Crippen molar-refractivity contribution in [3.63, 3.8) is 0 Å². The van der Waals surface area contributed by atoms with Crippen LogP contribution in [0.15, 0.2) is 35.5 Å². The van der Waals surface area contributed by atoms with Crippen molar-refractivity contribution in [1.82, 2.24) is 9.97 Å². The largest absolute Gasteiger partial charge is 0.349 e. The van der Waals surface area contributed by atoms with Crippen LogP contribution in [0.2, 0.25) is 0 Å². The lowest BCUT2D eigenvalue weighted by molar-refractivity contribution is 0.667. The molecule has 0 amide bonds. The first-order valence-electron chi connectivity index (χ1n) is 9.34. The zero-order valence-electron chi connectivity index (χ0n) is 15.7. The summed E-state index contributed by atoms with van der Waals surface area (Å²) in [5.41, 5.74) is 2.83. The van der Waals surface area contributed by atoms with Gasteiger partial charge in [0.2, 0.25) is 0 Å². The topological polar surface area (TPSA) is 29.0 Å². The van der Waals surface area contributed by atoms with Gasteiger partial charge in [-0.3, -0.25) is 0 Å². The molecule has 0 unspecified atom stereocenters. The van der Waals surface area contributed by atoms with E-state index in [-0.39, 0.29) is 0 Å². The predicted octanol–water partition coefficient (Wildman–Crippen LogP) is 5.71. The minimum Gasteiger partial charge on any atom is -0.349 e. The van der Waals surface area contributed by atoms with Crippen LogP contribution in [-0.4, -0.2) is 22.3 Å². The second-order valence-electron chi connectivity index (χ2n) is 7.13. The van der Waals surface area contributed by atoms with Crippen LogP contribution >= 0.6 is 23.1 Å². The Labute approximate surface area is 163 Å². The van der Waals surface area contributed by atoms with Crippen LogP contribution in [0.1, 0.15) is 42.7 Å². The maximum atomic E-state index is 5.00. The van der Waals surface area contributed by atoms with Gasteiger partial charge in [-0.15, -0.1) is 11.3 Å². The van der Waals surface area contributed by atoms with E-state index in [1.165, 1.54) is 51.9 Å². The molecular weight excluding hydrogens is 358 g/mol. The second kappa shape index (κ2) is 7.57. The van der Waals surface area contributed by atoms with Gasteiger partial charge in [0.15, 0.2) is 5.16 Å². The van der Waals surface area contributed by atoms with Crippen molar-refractivity contribution in [2.24, 2.45) is 0 Å². The maximum Gasteiger partial charge on any atom is 0.190 e. The fourth-order valence-electron chi connectivity index (χ4n) is 3.70. The summed E-state index contributed by atoms with van der Waals surface area (Å²) in [7, 11) is 0. The van der Waals surface area contributed by atoms with E-state index in [1.54, 1.807) is 11.8 Å². The predicted molar refractivity (Wildman–Crippen MR) is 114 cm³/mol. The summed E-state index contributed by atoms with van der Waals surface area (Å²) in [4.78, 5) is 15.0. The third-order valence-corrected chi connectivity index (χ3v) is 6.78.